The molecule has 1 aliphatic rings. The SMILES string of the molecule is C=CCn1ncc(NC2(CN)CCCCC2C)c(Cl)c1=O. The van der Waals surface area contributed by atoms with Crippen LogP contribution in [0, 0.1) is 5.92 Å². The zero-order valence-electron chi connectivity index (χ0n) is 12.4. The number of nitrogens with two attached hydrogens (primary N) is 1. The third kappa shape index (κ3) is 3.14. The predicted molar refractivity (Wildman–Crippen MR) is 86.7 cm³/mol. The maximum Gasteiger partial charge on any atom is 0.287 e. The Morgan fingerprint density at radius 3 is 3.05 bits per heavy atom. The highest BCUT2D eigenvalue weighted by molar-refractivity contribution is 6.32. The number of nitrogens with zero attached hydrogens (tertiary/aromatic N) is 2. The van der Waals surface area contributed by atoms with Gasteiger partial charge < -0.3 is 11.1 Å². The van der Waals surface area contributed by atoms with E-state index in [0.717, 1.165) is 19.3 Å². The smallest absolute Gasteiger partial charge is 0.287 e. The Morgan fingerprint density at radius 2 is 2.43 bits per heavy atom. The van der Waals surface area contributed by atoms with Crippen LogP contribution in [0.25, 0.3) is 0 Å². The molecule has 0 aromatic carbocycles. The zero-order chi connectivity index (χ0) is 15.5. The van der Waals surface area contributed by atoms with Crippen LogP contribution in [0.3, 0.4) is 0 Å². The standard InChI is InChI=1S/C15H23ClN4O/c1-3-8-20-14(21)13(16)12(9-18-20)19-15(10-17)7-5-4-6-11(15)2/h3,9,11,19H,1,4-8,10,17H2,2H3. The third-order valence-electron chi connectivity index (χ3n) is 4.49. The Kier molecular flexibility index (Phi) is 5.06. The highest BCUT2D eigenvalue weighted by Gasteiger charge is 2.37. The second-order valence-corrected chi connectivity index (χ2v) is 6.16. The summed E-state index contributed by atoms with van der Waals surface area (Å²) in [4.78, 5) is 12.1. The third-order valence-corrected chi connectivity index (χ3v) is 4.85. The van der Waals surface area contributed by atoms with E-state index in [0.29, 0.717) is 24.7 Å². The Balaban J connectivity index is 2.32. The molecule has 2 rings (SSSR count). The minimum atomic E-state index is -0.308. The lowest BCUT2D eigenvalue weighted by Crippen LogP contribution is -2.52. The van der Waals surface area contributed by atoms with E-state index in [4.69, 9.17) is 17.3 Å². The van der Waals surface area contributed by atoms with Gasteiger partial charge in [-0.25, -0.2) is 4.68 Å². The summed E-state index contributed by atoms with van der Waals surface area (Å²) in [5.74, 6) is 0.433. The van der Waals surface area contributed by atoms with Crippen LogP contribution >= 0.6 is 11.6 Å². The molecule has 0 saturated heterocycles. The molecule has 2 atom stereocenters. The molecule has 1 heterocycles. The first-order chi connectivity index (χ1) is 10.0. The van der Waals surface area contributed by atoms with E-state index in [1.807, 2.05) is 0 Å². The Labute approximate surface area is 130 Å². The van der Waals surface area contributed by atoms with E-state index in [2.05, 4.69) is 23.9 Å². The van der Waals surface area contributed by atoms with Gasteiger partial charge in [0.2, 0.25) is 0 Å². The molecule has 2 unspecified atom stereocenters. The molecule has 1 aromatic rings. The Morgan fingerprint density at radius 1 is 1.67 bits per heavy atom. The van der Waals surface area contributed by atoms with Crippen molar-refractivity contribution in [3.63, 3.8) is 0 Å². The van der Waals surface area contributed by atoms with Crippen molar-refractivity contribution in [1.82, 2.24) is 9.78 Å². The van der Waals surface area contributed by atoms with Gasteiger partial charge in [0.15, 0.2) is 0 Å². The first-order valence-corrected chi connectivity index (χ1v) is 7.76. The van der Waals surface area contributed by atoms with Crippen LogP contribution in [0.4, 0.5) is 5.69 Å². The van der Waals surface area contributed by atoms with Gasteiger partial charge in [0, 0.05) is 6.54 Å². The number of hydrogen-bond acceptors (Lipinski definition) is 4. The van der Waals surface area contributed by atoms with Crippen molar-refractivity contribution in [2.45, 2.75) is 44.7 Å². The van der Waals surface area contributed by atoms with E-state index in [1.165, 1.54) is 11.1 Å². The van der Waals surface area contributed by atoms with Crippen LogP contribution in [0.1, 0.15) is 32.6 Å². The summed E-state index contributed by atoms with van der Waals surface area (Å²) in [6, 6.07) is 0. The van der Waals surface area contributed by atoms with E-state index < -0.39 is 0 Å². The first-order valence-electron chi connectivity index (χ1n) is 7.39. The summed E-state index contributed by atoms with van der Waals surface area (Å²) < 4.78 is 1.29. The van der Waals surface area contributed by atoms with E-state index in [-0.39, 0.29) is 16.1 Å². The predicted octanol–water partition coefficient (Wildman–Crippen LogP) is 2.40. The second kappa shape index (κ2) is 6.62. The minimum Gasteiger partial charge on any atom is -0.375 e. The highest BCUT2D eigenvalue weighted by atomic mass is 35.5. The lowest BCUT2D eigenvalue weighted by Gasteiger charge is -2.43. The summed E-state index contributed by atoms with van der Waals surface area (Å²) in [5.41, 5.74) is 6.07. The van der Waals surface area contributed by atoms with Crippen molar-refractivity contribution in [2.24, 2.45) is 11.7 Å². The topological polar surface area (TPSA) is 72.9 Å². The largest absolute Gasteiger partial charge is 0.375 e. The molecule has 1 fully saturated rings. The Bertz CT molecular complexity index is 571. The van der Waals surface area contributed by atoms with Crippen LogP contribution in [-0.4, -0.2) is 21.9 Å². The number of halogens is 1. The molecular weight excluding hydrogens is 288 g/mol. The van der Waals surface area contributed by atoms with Crippen molar-refractivity contribution in [1.29, 1.82) is 0 Å². The van der Waals surface area contributed by atoms with Crippen LogP contribution in [0.2, 0.25) is 5.02 Å². The molecule has 0 spiro atoms. The number of anilines is 1. The van der Waals surface area contributed by atoms with Gasteiger partial charge in [-0.05, 0) is 18.8 Å². The number of rotatable bonds is 5. The molecule has 3 N–H and O–H groups in total. The zero-order valence-corrected chi connectivity index (χ0v) is 13.2. The maximum atomic E-state index is 12.1. The molecule has 0 aliphatic heterocycles. The molecule has 0 bridgehead atoms. The van der Waals surface area contributed by atoms with Gasteiger partial charge in [-0.2, -0.15) is 5.10 Å². The molecule has 1 saturated carbocycles. The van der Waals surface area contributed by atoms with Crippen LogP contribution in [0.5, 0.6) is 0 Å². The summed E-state index contributed by atoms with van der Waals surface area (Å²) in [7, 11) is 0. The molecule has 5 nitrogen and oxygen atoms in total. The fraction of sp³-hybridized carbons (Fsp3) is 0.600. The molecule has 0 amide bonds. The lowest BCUT2D eigenvalue weighted by molar-refractivity contribution is 0.235. The monoisotopic (exact) mass is 310 g/mol. The summed E-state index contributed by atoms with van der Waals surface area (Å²) >= 11 is 6.21. The average molecular weight is 311 g/mol. The highest BCUT2D eigenvalue weighted by Crippen LogP contribution is 2.36. The number of hydrogen-bond donors (Lipinski definition) is 2. The summed E-state index contributed by atoms with van der Waals surface area (Å²) in [6.45, 7) is 6.65. The lowest BCUT2D eigenvalue weighted by atomic mass is 9.73. The summed E-state index contributed by atoms with van der Waals surface area (Å²) in [6.07, 6.45) is 7.68. The van der Waals surface area contributed by atoms with Gasteiger partial charge in [0.05, 0.1) is 24.0 Å². The van der Waals surface area contributed by atoms with Crippen molar-refractivity contribution in [3.8, 4) is 0 Å². The molecule has 1 aliphatic carbocycles. The minimum absolute atomic E-state index is 0.164. The van der Waals surface area contributed by atoms with Gasteiger partial charge in [-0.3, -0.25) is 4.79 Å². The van der Waals surface area contributed by atoms with Gasteiger partial charge in [0.1, 0.15) is 5.02 Å². The first kappa shape index (κ1) is 16.0. The second-order valence-electron chi connectivity index (χ2n) is 5.78. The van der Waals surface area contributed by atoms with Crippen LogP contribution in [0.15, 0.2) is 23.6 Å². The van der Waals surface area contributed by atoms with Gasteiger partial charge >= 0.3 is 0 Å². The molecule has 1 aromatic heterocycles. The van der Waals surface area contributed by atoms with E-state index in [9.17, 15) is 4.79 Å². The fourth-order valence-corrected chi connectivity index (χ4v) is 3.22. The molecule has 116 valence electrons. The summed E-state index contributed by atoms with van der Waals surface area (Å²) in [5, 5.41) is 7.71. The maximum absolute atomic E-state index is 12.1. The molecule has 0 radical (unpaired) electrons. The van der Waals surface area contributed by atoms with Gasteiger partial charge in [0.25, 0.3) is 5.56 Å². The van der Waals surface area contributed by atoms with Gasteiger partial charge in [-0.15, -0.1) is 6.58 Å². The van der Waals surface area contributed by atoms with Crippen LogP contribution < -0.4 is 16.6 Å². The van der Waals surface area contributed by atoms with E-state index >= 15 is 0 Å². The van der Waals surface area contributed by atoms with Crippen molar-refractivity contribution < 1.29 is 0 Å². The molecule has 21 heavy (non-hydrogen) atoms. The number of nitrogens with one attached hydrogen (secondary N) is 1. The molecular formula is C15H23ClN4O. The number of allylic oxidation sites excluding steroid dienone is 1. The average Bonchev–Trinajstić information content (AvgIpc) is 2.49. The Hall–Kier alpha value is -1.33. The van der Waals surface area contributed by atoms with Crippen molar-refractivity contribution >= 4 is 17.3 Å². The quantitative estimate of drug-likeness (QED) is 0.819. The number of aromatic nitrogens is 2. The van der Waals surface area contributed by atoms with Crippen molar-refractivity contribution in [3.05, 3.63) is 34.2 Å². The van der Waals surface area contributed by atoms with Crippen molar-refractivity contribution in [2.75, 3.05) is 11.9 Å². The van der Waals surface area contributed by atoms with E-state index in [1.54, 1.807) is 12.3 Å². The normalized spacial score (nSPS) is 25.6. The van der Waals surface area contributed by atoms with Gasteiger partial charge in [-0.1, -0.05) is 37.4 Å². The molecule has 6 heteroatoms. The van der Waals surface area contributed by atoms with Crippen LogP contribution in [-0.2, 0) is 6.54 Å². The fourth-order valence-electron chi connectivity index (χ4n) is 3.03.